The van der Waals surface area contributed by atoms with Crippen molar-refractivity contribution in [2.75, 3.05) is 6.61 Å². The molecule has 0 radical (unpaired) electrons. The molecule has 1 atom stereocenters. The summed E-state index contributed by atoms with van der Waals surface area (Å²) in [6.07, 6.45) is 8.32. The van der Waals surface area contributed by atoms with E-state index in [0.29, 0.717) is 12.8 Å². The molecule has 1 unspecified atom stereocenters. The molecule has 1 rings (SSSR count). The van der Waals surface area contributed by atoms with Gasteiger partial charge in [0, 0.05) is 0 Å². The van der Waals surface area contributed by atoms with Crippen molar-refractivity contribution in [1.29, 1.82) is 0 Å². The number of ether oxygens (including phenoxy) is 1. The molecule has 1 aliphatic rings. The van der Waals surface area contributed by atoms with Crippen LogP contribution in [0.25, 0.3) is 0 Å². The van der Waals surface area contributed by atoms with Gasteiger partial charge in [-0.25, -0.2) is 9.18 Å². The van der Waals surface area contributed by atoms with E-state index in [1.807, 2.05) is 0 Å². The van der Waals surface area contributed by atoms with E-state index in [1.165, 1.54) is 19.3 Å². The summed E-state index contributed by atoms with van der Waals surface area (Å²) in [5.74, 6) is -0.915. The van der Waals surface area contributed by atoms with Crippen molar-refractivity contribution in [3.8, 4) is 0 Å². The van der Waals surface area contributed by atoms with Gasteiger partial charge >= 0.3 is 5.97 Å². The molecule has 4 heteroatoms. The molecule has 0 saturated heterocycles. The average molecular weight is 288 g/mol. The van der Waals surface area contributed by atoms with E-state index in [0.717, 1.165) is 38.5 Å². The van der Waals surface area contributed by atoms with Crippen LogP contribution in [0.4, 0.5) is 4.39 Å². The van der Waals surface area contributed by atoms with Gasteiger partial charge < -0.3 is 9.84 Å². The highest BCUT2D eigenvalue weighted by atomic mass is 19.1. The molecule has 0 heterocycles. The highest BCUT2D eigenvalue weighted by Crippen LogP contribution is 2.30. The molecule has 0 bridgehead atoms. The van der Waals surface area contributed by atoms with Gasteiger partial charge in [0.15, 0.2) is 0 Å². The van der Waals surface area contributed by atoms with Crippen molar-refractivity contribution < 1.29 is 19.0 Å². The first-order chi connectivity index (χ1) is 9.60. The van der Waals surface area contributed by atoms with Crippen LogP contribution in [0.2, 0.25) is 0 Å². The van der Waals surface area contributed by atoms with Gasteiger partial charge in [-0.3, -0.25) is 0 Å². The van der Waals surface area contributed by atoms with E-state index in [2.05, 4.69) is 0 Å². The first-order valence-electron chi connectivity index (χ1n) is 8.13. The summed E-state index contributed by atoms with van der Waals surface area (Å²) < 4.78 is 19.0. The predicted molar refractivity (Wildman–Crippen MR) is 77.3 cm³/mol. The largest absolute Gasteiger partial charge is 0.464 e. The van der Waals surface area contributed by atoms with E-state index in [-0.39, 0.29) is 6.61 Å². The lowest BCUT2D eigenvalue weighted by Crippen LogP contribution is -2.45. The van der Waals surface area contributed by atoms with Gasteiger partial charge in [-0.2, -0.15) is 0 Å². The Bertz CT molecular complexity index is 269. The number of carbonyl (C=O) groups excluding carboxylic acids is 1. The van der Waals surface area contributed by atoms with Crippen LogP contribution in [0, 0.1) is 0 Å². The Labute approximate surface area is 121 Å². The van der Waals surface area contributed by atoms with Crippen LogP contribution in [0.3, 0.4) is 0 Å². The summed E-state index contributed by atoms with van der Waals surface area (Å²) in [5.41, 5.74) is -1.54. The molecular weight excluding hydrogens is 259 g/mol. The molecule has 1 fully saturated rings. The lowest BCUT2D eigenvalue weighted by molar-refractivity contribution is -0.162. The lowest BCUT2D eigenvalue weighted by Gasteiger charge is -2.30. The monoisotopic (exact) mass is 288 g/mol. The van der Waals surface area contributed by atoms with E-state index < -0.39 is 17.7 Å². The minimum Gasteiger partial charge on any atom is -0.464 e. The number of aliphatic hydroxyl groups is 1. The Kier molecular flexibility index (Phi) is 8.12. The molecule has 0 aliphatic heterocycles. The van der Waals surface area contributed by atoms with Crippen LogP contribution in [0.1, 0.15) is 77.6 Å². The molecule has 20 heavy (non-hydrogen) atoms. The maximum Gasteiger partial charge on any atom is 0.343 e. The molecule has 118 valence electrons. The number of hydrogen-bond donors (Lipinski definition) is 1. The molecule has 1 N–H and O–H groups in total. The molecule has 1 saturated carbocycles. The quantitative estimate of drug-likeness (QED) is 0.801. The molecule has 0 amide bonds. The number of halogens is 1. The molecule has 1 aliphatic carbocycles. The summed E-state index contributed by atoms with van der Waals surface area (Å²) in [7, 11) is 0. The van der Waals surface area contributed by atoms with Crippen molar-refractivity contribution in [2.24, 2.45) is 0 Å². The summed E-state index contributed by atoms with van der Waals surface area (Å²) in [6, 6.07) is 0. The third-order valence-corrected chi connectivity index (χ3v) is 4.18. The smallest absolute Gasteiger partial charge is 0.343 e. The molecule has 0 aromatic carbocycles. The van der Waals surface area contributed by atoms with Crippen LogP contribution in [0.5, 0.6) is 0 Å². The summed E-state index contributed by atoms with van der Waals surface area (Å²) in [5, 5.41) is 10.5. The minimum atomic E-state index is -1.91. The zero-order valence-corrected chi connectivity index (χ0v) is 12.7. The summed E-state index contributed by atoms with van der Waals surface area (Å²) >= 11 is 0. The minimum absolute atomic E-state index is 0.148. The first-order valence-corrected chi connectivity index (χ1v) is 8.13. The van der Waals surface area contributed by atoms with Crippen LogP contribution >= 0.6 is 0 Å². The fourth-order valence-electron chi connectivity index (χ4n) is 2.91. The Morgan fingerprint density at radius 1 is 1.05 bits per heavy atom. The van der Waals surface area contributed by atoms with Crippen molar-refractivity contribution in [3.05, 3.63) is 0 Å². The van der Waals surface area contributed by atoms with Gasteiger partial charge in [0.05, 0.1) is 6.61 Å². The number of esters is 1. The number of carbonyl (C=O) groups is 1. The number of hydrogen-bond acceptors (Lipinski definition) is 3. The summed E-state index contributed by atoms with van der Waals surface area (Å²) in [6.45, 7) is 1.80. The second kappa shape index (κ2) is 9.32. The molecular formula is C16H29FO3. The molecule has 0 aromatic heterocycles. The maximum absolute atomic E-state index is 14.3. The fourth-order valence-corrected chi connectivity index (χ4v) is 2.91. The van der Waals surface area contributed by atoms with Gasteiger partial charge in [-0.1, -0.05) is 57.8 Å². The van der Waals surface area contributed by atoms with Crippen LogP contribution in [-0.4, -0.2) is 29.5 Å². The van der Waals surface area contributed by atoms with Crippen molar-refractivity contribution >= 4 is 5.97 Å². The highest BCUT2D eigenvalue weighted by molar-refractivity contribution is 5.76. The Hall–Kier alpha value is -0.640. The Morgan fingerprint density at radius 3 is 1.85 bits per heavy atom. The molecule has 3 nitrogen and oxygen atoms in total. The zero-order chi connectivity index (χ0) is 14.8. The number of alkyl halides is 1. The van der Waals surface area contributed by atoms with E-state index >= 15 is 0 Å². The van der Waals surface area contributed by atoms with E-state index in [1.54, 1.807) is 6.92 Å². The van der Waals surface area contributed by atoms with E-state index in [9.17, 15) is 14.3 Å². The lowest BCUT2D eigenvalue weighted by atomic mass is 9.85. The third-order valence-electron chi connectivity index (χ3n) is 4.18. The maximum atomic E-state index is 14.3. The van der Waals surface area contributed by atoms with Gasteiger partial charge in [0.25, 0.3) is 0 Å². The first kappa shape index (κ1) is 17.4. The SMILES string of the molecule is CCOC(=O)C(F)C1(O)CCCCCCCCCCC1. The molecule has 0 aromatic rings. The Balaban J connectivity index is 2.60. The fraction of sp³-hybridized carbons (Fsp3) is 0.938. The van der Waals surface area contributed by atoms with Crippen molar-refractivity contribution in [2.45, 2.75) is 89.3 Å². The molecule has 0 spiro atoms. The van der Waals surface area contributed by atoms with Gasteiger partial charge in [-0.15, -0.1) is 0 Å². The Morgan fingerprint density at radius 2 is 1.45 bits per heavy atom. The van der Waals surface area contributed by atoms with Gasteiger partial charge in [0.2, 0.25) is 6.17 Å². The van der Waals surface area contributed by atoms with Gasteiger partial charge in [0.1, 0.15) is 5.60 Å². The highest BCUT2D eigenvalue weighted by Gasteiger charge is 2.42. The van der Waals surface area contributed by atoms with Crippen LogP contribution in [0.15, 0.2) is 0 Å². The average Bonchev–Trinajstić information content (AvgIpc) is 2.42. The van der Waals surface area contributed by atoms with Gasteiger partial charge in [-0.05, 0) is 19.8 Å². The second-order valence-electron chi connectivity index (χ2n) is 5.90. The van der Waals surface area contributed by atoms with Crippen molar-refractivity contribution in [3.63, 3.8) is 0 Å². The van der Waals surface area contributed by atoms with Crippen LogP contribution < -0.4 is 0 Å². The number of rotatable bonds is 3. The second-order valence-corrected chi connectivity index (χ2v) is 5.90. The normalized spacial score (nSPS) is 23.1. The zero-order valence-electron chi connectivity index (χ0n) is 12.7. The third kappa shape index (κ3) is 5.78. The van der Waals surface area contributed by atoms with Crippen molar-refractivity contribution in [1.82, 2.24) is 0 Å². The standard InChI is InChI=1S/C16H29FO3/c1-2-20-15(18)14(17)16(19)12-10-8-6-4-3-5-7-9-11-13-16/h14,19H,2-13H2,1H3. The topological polar surface area (TPSA) is 46.5 Å². The summed E-state index contributed by atoms with van der Waals surface area (Å²) in [4.78, 5) is 11.6. The predicted octanol–water partition coefficient (Wildman–Crippen LogP) is 3.92. The van der Waals surface area contributed by atoms with Crippen LogP contribution in [-0.2, 0) is 9.53 Å². The van der Waals surface area contributed by atoms with E-state index in [4.69, 9.17) is 4.74 Å².